The van der Waals surface area contributed by atoms with Crippen LogP contribution < -0.4 is 0 Å². The number of nitro groups is 1. The number of benzene rings is 2. The standard InChI is InChI=1S/C17H12N3O3S.Ag/c21-20(22)16-10-3-4-11-17(16)24(23)19-15-9-2-1-7-13(15)14-8-5-6-12-18-14;/h1-12H;/q-1;+1. The Bertz CT molecular complexity index is 906. The quantitative estimate of drug-likeness (QED) is 0.331. The van der Waals surface area contributed by atoms with Gasteiger partial charge in [0.05, 0.1) is 10.6 Å². The third kappa shape index (κ3) is 4.40. The predicted octanol–water partition coefficient (Wildman–Crippen LogP) is 4.38. The summed E-state index contributed by atoms with van der Waals surface area (Å²) in [7, 11) is -1.90. The molecule has 0 saturated heterocycles. The number of para-hydroxylation sites is 1. The second kappa shape index (κ2) is 8.68. The second-order valence-corrected chi connectivity index (χ2v) is 5.92. The van der Waals surface area contributed by atoms with Crippen molar-refractivity contribution < 1.29 is 31.5 Å². The van der Waals surface area contributed by atoms with Gasteiger partial charge in [-0.15, -0.1) is 5.69 Å². The van der Waals surface area contributed by atoms with E-state index in [9.17, 15) is 14.3 Å². The Hall–Kier alpha value is -2.32. The zero-order valence-electron chi connectivity index (χ0n) is 12.7. The van der Waals surface area contributed by atoms with Crippen LogP contribution in [0.4, 0.5) is 11.4 Å². The van der Waals surface area contributed by atoms with Crippen LogP contribution in [0.3, 0.4) is 0 Å². The van der Waals surface area contributed by atoms with E-state index in [1.807, 2.05) is 24.3 Å². The third-order valence-corrected chi connectivity index (χ3v) is 4.36. The van der Waals surface area contributed by atoms with E-state index in [2.05, 4.69) is 9.71 Å². The van der Waals surface area contributed by atoms with Gasteiger partial charge in [0.25, 0.3) is 5.69 Å². The molecule has 8 heteroatoms. The number of nitrogens with zero attached hydrogens (tertiary/aromatic N) is 3. The molecule has 6 nitrogen and oxygen atoms in total. The largest absolute Gasteiger partial charge is 1.00 e. The molecule has 1 unspecified atom stereocenters. The van der Waals surface area contributed by atoms with E-state index in [0.29, 0.717) is 16.9 Å². The van der Waals surface area contributed by atoms with Crippen molar-refractivity contribution in [3.63, 3.8) is 0 Å². The SMILES string of the molecule is O=[N+]([O-])c1ccccc1S(=O)[N-]c1ccccc1-c1ccccn1.[Ag+]. The smallest absolute Gasteiger partial charge is 0.598 e. The van der Waals surface area contributed by atoms with Crippen LogP contribution in [0.15, 0.2) is 77.8 Å². The molecule has 1 heterocycles. The Morgan fingerprint density at radius 2 is 1.64 bits per heavy atom. The third-order valence-electron chi connectivity index (χ3n) is 3.28. The molecule has 3 aromatic rings. The summed E-state index contributed by atoms with van der Waals surface area (Å²) in [5, 5.41) is 11.1. The van der Waals surface area contributed by atoms with Crippen LogP contribution in [0, 0.1) is 10.1 Å². The Kier molecular flexibility index (Phi) is 6.60. The molecule has 25 heavy (non-hydrogen) atoms. The van der Waals surface area contributed by atoms with Gasteiger partial charge in [-0.25, -0.2) is 0 Å². The Balaban J connectivity index is 0.00000225. The van der Waals surface area contributed by atoms with Gasteiger partial charge in [-0.2, -0.15) is 0 Å². The van der Waals surface area contributed by atoms with E-state index in [1.54, 1.807) is 30.5 Å². The molecule has 0 amide bonds. The summed E-state index contributed by atoms with van der Waals surface area (Å²) in [5.74, 6) is 0. The van der Waals surface area contributed by atoms with Crippen molar-refractivity contribution >= 4 is 22.4 Å². The van der Waals surface area contributed by atoms with Crippen molar-refractivity contribution in [3.05, 3.63) is 87.8 Å². The van der Waals surface area contributed by atoms with Crippen LogP contribution in [-0.4, -0.2) is 14.1 Å². The molecular weight excluding hydrogens is 434 g/mol. The van der Waals surface area contributed by atoms with Crippen molar-refractivity contribution in [2.45, 2.75) is 4.90 Å². The molecule has 3 rings (SSSR count). The van der Waals surface area contributed by atoms with Crippen molar-refractivity contribution in [1.82, 2.24) is 4.98 Å². The first kappa shape index (κ1) is 19.0. The van der Waals surface area contributed by atoms with Gasteiger partial charge in [-0.3, -0.25) is 19.3 Å². The minimum atomic E-state index is -1.90. The molecule has 0 aliphatic carbocycles. The number of rotatable bonds is 5. The van der Waals surface area contributed by atoms with Crippen molar-refractivity contribution in [2.75, 3.05) is 0 Å². The monoisotopic (exact) mass is 445 g/mol. The topological polar surface area (TPSA) is 87.2 Å². The first-order valence-corrected chi connectivity index (χ1v) is 8.15. The summed E-state index contributed by atoms with van der Waals surface area (Å²) in [6.07, 6.45) is 1.66. The summed E-state index contributed by atoms with van der Waals surface area (Å²) >= 11 is 0. The van der Waals surface area contributed by atoms with E-state index in [-0.39, 0.29) is 33.0 Å². The molecular formula is C17H12AgN3O3S. The fourth-order valence-corrected chi connectivity index (χ4v) is 3.14. The van der Waals surface area contributed by atoms with Crippen LogP contribution >= 0.6 is 0 Å². The molecule has 0 radical (unpaired) electrons. The molecule has 0 saturated carbocycles. The van der Waals surface area contributed by atoms with Crippen LogP contribution in [0.2, 0.25) is 0 Å². The molecule has 2 aromatic carbocycles. The summed E-state index contributed by atoms with van der Waals surface area (Å²) in [6.45, 7) is 0. The molecule has 0 aliphatic heterocycles. The van der Waals surface area contributed by atoms with E-state index in [1.165, 1.54) is 18.2 Å². The predicted molar refractivity (Wildman–Crippen MR) is 92.2 cm³/mol. The Morgan fingerprint density at radius 3 is 2.36 bits per heavy atom. The minimum Gasteiger partial charge on any atom is -0.598 e. The fraction of sp³-hybridized carbons (Fsp3) is 0. The Morgan fingerprint density at radius 1 is 0.960 bits per heavy atom. The number of aromatic nitrogens is 1. The number of pyridine rings is 1. The van der Waals surface area contributed by atoms with Gasteiger partial charge in [0.2, 0.25) is 0 Å². The molecule has 0 fully saturated rings. The molecule has 0 spiro atoms. The molecule has 0 bridgehead atoms. The van der Waals surface area contributed by atoms with Gasteiger partial charge >= 0.3 is 22.4 Å². The van der Waals surface area contributed by atoms with E-state index in [4.69, 9.17) is 0 Å². The van der Waals surface area contributed by atoms with Gasteiger partial charge in [-0.05, 0) is 34.7 Å². The van der Waals surface area contributed by atoms with Crippen molar-refractivity contribution in [2.24, 2.45) is 0 Å². The van der Waals surface area contributed by atoms with Gasteiger partial charge < -0.3 is 4.72 Å². The summed E-state index contributed by atoms with van der Waals surface area (Å²) in [6, 6.07) is 18.5. The normalized spacial score (nSPS) is 11.2. The maximum absolute atomic E-state index is 12.5. The van der Waals surface area contributed by atoms with Crippen LogP contribution in [0.25, 0.3) is 16.0 Å². The minimum absolute atomic E-state index is 0. The molecule has 1 aromatic heterocycles. The summed E-state index contributed by atoms with van der Waals surface area (Å²) in [4.78, 5) is 14.9. The van der Waals surface area contributed by atoms with Crippen LogP contribution in [0.5, 0.6) is 0 Å². The second-order valence-electron chi connectivity index (χ2n) is 4.80. The van der Waals surface area contributed by atoms with Crippen LogP contribution in [-0.2, 0) is 33.4 Å². The molecule has 0 aliphatic rings. The molecule has 130 valence electrons. The number of hydrogen-bond acceptors (Lipinski definition) is 4. The summed E-state index contributed by atoms with van der Waals surface area (Å²) in [5.41, 5.74) is 1.66. The zero-order chi connectivity index (χ0) is 16.9. The van der Waals surface area contributed by atoms with Crippen molar-refractivity contribution in [3.8, 4) is 11.3 Å². The van der Waals surface area contributed by atoms with Gasteiger partial charge in [0.1, 0.15) is 4.90 Å². The number of nitro benzene ring substituents is 1. The first-order valence-electron chi connectivity index (χ1n) is 7.04. The average molecular weight is 446 g/mol. The van der Waals surface area contributed by atoms with Crippen molar-refractivity contribution in [1.29, 1.82) is 0 Å². The average Bonchev–Trinajstić information content (AvgIpc) is 2.63. The maximum atomic E-state index is 12.5. The van der Waals surface area contributed by atoms with E-state index >= 15 is 0 Å². The first-order chi connectivity index (χ1) is 11.7. The van der Waals surface area contributed by atoms with Gasteiger partial charge in [0, 0.05) is 12.3 Å². The van der Waals surface area contributed by atoms with Gasteiger partial charge in [-0.1, -0.05) is 42.5 Å². The van der Waals surface area contributed by atoms with E-state index in [0.717, 1.165) is 0 Å². The maximum Gasteiger partial charge on any atom is 1.00 e. The van der Waals surface area contributed by atoms with Crippen LogP contribution in [0.1, 0.15) is 0 Å². The Labute approximate surface area is 162 Å². The molecule has 1 atom stereocenters. The summed E-state index contributed by atoms with van der Waals surface area (Å²) < 4.78 is 16.7. The van der Waals surface area contributed by atoms with Gasteiger partial charge in [0.15, 0.2) is 0 Å². The zero-order valence-corrected chi connectivity index (χ0v) is 15.0. The number of hydrogen-bond donors (Lipinski definition) is 0. The van der Waals surface area contributed by atoms with E-state index < -0.39 is 15.9 Å². The molecule has 0 N–H and O–H groups in total. The fourth-order valence-electron chi connectivity index (χ4n) is 2.19.